The van der Waals surface area contributed by atoms with Crippen LogP contribution in [0.3, 0.4) is 0 Å². The lowest BCUT2D eigenvalue weighted by Gasteiger charge is -2.09. The van der Waals surface area contributed by atoms with E-state index in [-0.39, 0.29) is 0 Å². The molecule has 5 nitrogen and oxygen atoms in total. The molecule has 3 N–H and O–H groups in total. The summed E-state index contributed by atoms with van der Waals surface area (Å²) < 4.78 is 0. The number of nitrogens with zero attached hydrogens (tertiary/aromatic N) is 3. The zero-order valence-electron chi connectivity index (χ0n) is 10.3. The van der Waals surface area contributed by atoms with Crippen molar-refractivity contribution in [2.45, 2.75) is 6.92 Å². The maximum atomic E-state index is 8.96. The Morgan fingerprint density at radius 1 is 1.16 bits per heavy atom. The van der Waals surface area contributed by atoms with Crippen LogP contribution in [-0.2, 0) is 0 Å². The Morgan fingerprint density at radius 2 is 1.89 bits per heavy atom. The number of aromatic nitrogens is 1. The molecule has 0 saturated carbocycles. The summed E-state index contributed by atoms with van der Waals surface area (Å²) in [5.74, 6) is 0.527. The second kappa shape index (κ2) is 5.07. The average molecular weight is 249 g/mol. The number of rotatable bonds is 2. The minimum Gasteiger partial charge on any atom is -0.396 e. The minimum atomic E-state index is 0.318. The van der Waals surface area contributed by atoms with E-state index in [1.165, 1.54) is 0 Å². The number of hydrogen-bond acceptors (Lipinski definition) is 5. The average Bonchev–Trinajstić information content (AvgIpc) is 2.41. The highest BCUT2D eigenvalue weighted by molar-refractivity contribution is 5.70. The third-order valence-electron chi connectivity index (χ3n) is 2.58. The quantitative estimate of drug-likeness (QED) is 0.851. The van der Waals surface area contributed by atoms with Crippen LogP contribution in [0, 0.1) is 29.6 Å². The Balaban J connectivity index is 2.34. The van der Waals surface area contributed by atoms with Crippen molar-refractivity contribution >= 4 is 17.2 Å². The Kier molecular flexibility index (Phi) is 3.31. The number of nitrogens with one attached hydrogen (secondary N) is 1. The van der Waals surface area contributed by atoms with E-state index in [9.17, 15) is 0 Å². The highest BCUT2D eigenvalue weighted by Gasteiger charge is 2.05. The van der Waals surface area contributed by atoms with Gasteiger partial charge in [-0.1, -0.05) is 0 Å². The number of nitriles is 2. The molecule has 1 heterocycles. The molecule has 0 radical (unpaired) electrons. The SMILES string of the molecule is Cc1cnc(Nc2ccc(C#N)c(C#N)c2)c(N)c1. The van der Waals surface area contributed by atoms with Gasteiger partial charge >= 0.3 is 0 Å². The first kappa shape index (κ1) is 12.4. The maximum Gasteiger partial charge on any atom is 0.153 e. The first-order valence-electron chi connectivity index (χ1n) is 5.57. The predicted molar refractivity (Wildman–Crippen MR) is 72.5 cm³/mol. The smallest absolute Gasteiger partial charge is 0.153 e. The molecule has 0 aliphatic heterocycles. The van der Waals surface area contributed by atoms with E-state index in [0.29, 0.717) is 28.3 Å². The highest BCUT2D eigenvalue weighted by atomic mass is 15.0. The van der Waals surface area contributed by atoms with Crippen LogP contribution in [0.15, 0.2) is 30.5 Å². The molecule has 2 rings (SSSR count). The zero-order valence-corrected chi connectivity index (χ0v) is 10.3. The van der Waals surface area contributed by atoms with Gasteiger partial charge in [0.1, 0.15) is 12.1 Å². The fourth-order valence-corrected chi connectivity index (χ4v) is 1.64. The summed E-state index contributed by atoms with van der Waals surface area (Å²) >= 11 is 0. The Morgan fingerprint density at radius 3 is 2.53 bits per heavy atom. The van der Waals surface area contributed by atoms with Gasteiger partial charge in [-0.3, -0.25) is 0 Å². The van der Waals surface area contributed by atoms with Gasteiger partial charge in [0, 0.05) is 11.9 Å². The molecular weight excluding hydrogens is 238 g/mol. The molecule has 0 fully saturated rings. The van der Waals surface area contributed by atoms with Crippen LogP contribution in [0.1, 0.15) is 16.7 Å². The van der Waals surface area contributed by atoms with Gasteiger partial charge in [-0.15, -0.1) is 0 Å². The van der Waals surface area contributed by atoms with Crippen LogP contribution < -0.4 is 11.1 Å². The van der Waals surface area contributed by atoms with E-state index >= 15 is 0 Å². The van der Waals surface area contributed by atoms with Gasteiger partial charge < -0.3 is 11.1 Å². The maximum absolute atomic E-state index is 8.96. The van der Waals surface area contributed by atoms with Gasteiger partial charge in [0.25, 0.3) is 0 Å². The molecule has 1 aromatic heterocycles. The standard InChI is InChI=1S/C14H11N5/c1-9-4-13(17)14(18-8-9)19-12-3-2-10(6-15)11(5-12)7-16/h2-5,8H,17H2,1H3,(H,18,19). The van der Waals surface area contributed by atoms with Crippen LogP contribution in [0.5, 0.6) is 0 Å². The number of aryl methyl sites for hydroxylation is 1. The number of hydrogen-bond donors (Lipinski definition) is 2. The lowest BCUT2D eigenvalue weighted by atomic mass is 10.1. The third-order valence-corrected chi connectivity index (χ3v) is 2.58. The monoisotopic (exact) mass is 249 g/mol. The summed E-state index contributed by atoms with van der Waals surface area (Å²) in [5, 5.41) is 20.8. The van der Waals surface area contributed by atoms with Crippen molar-refractivity contribution in [2.24, 2.45) is 0 Å². The van der Waals surface area contributed by atoms with E-state index < -0.39 is 0 Å². The molecule has 92 valence electrons. The molecule has 0 bridgehead atoms. The molecule has 0 saturated heterocycles. The second-order valence-electron chi connectivity index (χ2n) is 4.06. The van der Waals surface area contributed by atoms with E-state index in [1.807, 2.05) is 25.1 Å². The van der Waals surface area contributed by atoms with Gasteiger partial charge in [0.2, 0.25) is 0 Å². The molecule has 0 atom stereocenters. The van der Waals surface area contributed by atoms with Crippen molar-refractivity contribution in [2.75, 3.05) is 11.1 Å². The molecule has 5 heteroatoms. The first-order valence-corrected chi connectivity index (χ1v) is 5.57. The number of pyridine rings is 1. The van der Waals surface area contributed by atoms with Crippen molar-refractivity contribution in [3.63, 3.8) is 0 Å². The molecular formula is C14H11N5. The van der Waals surface area contributed by atoms with E-state index in [0.717, 1.165) is 5.56 Å². The van der Waals surface area contributed by atoms with Crippen molar-refractivity contribution in [3.05, 3.63) is 47.2 Å². The Labute approximate surface area is 110 Å². The van der Waals surface area contributed by atoms with Crippen molar-refractivity contribution in [3.8, 4) is 12.1 Å². The fraction of sp³-hybridized carbons (Fsp3) is 0.0714. The predicted octanol–water partition coefficient (Wildman–Crippen LogP) is 2.46. The number of nitrogen functional groups attached to an aromatic ring is 1. The van der Waals surface area contributed by atoms with Crippen LogP contribution in [0.4, 0.5) is 17.2 Å². The third kappa shape index (κ3) is 2.62. The van der Waals surface area contributed by atoms with Gasteiger partial charge in [0.05, 0.1) is 16.8 Å². The van der Waals surface area contributed by atoms with Crippen LogP contribution in [-0.4, -0.2) is 4.98 Å². The molecule has 0 unspecified atom stereocenters. The molecule has 2 aromatic rings. The molecule has 0 spiro atoms. The fourth-order valence-electron chi connectivity index (χ4n) is 1.64. The van der Waals surface area contributed by atoms with Gasteiger partial charge in [-0.05, 0) is 36.8 Å². The van der Waals surface area contributed by atoms with Crippen molar-refractivity contribution < 1.29 is 0 Å². The number of nitrogens with two attached hydrogens (primary N) is 1. The van der Waals surface area contributed by atoms with Gasteiger partial charge in [0.15, 0.2) is 5.82 Å². The zero-order chi connectivity index (χ0) is 13.8. The summed E-state index contributed by atoms with van der Waals surface area (Å²) in [6.07, 6.45) is 1.70. The van der Waals surface area contributed by atoms with Crippen molar-refractivity contribution in [1.82, 2.24) is 4.98 Å². The topological polar surface area (TPSA) is 98.5 Å². The van der Waals surface area contributed by atoms with E-state index in [1.54, 1.807) is 24.4 Å². The number of anilines is 3. The molecule has 1 aromatic carbocycles. The van der Waals surface area contributed by atoms with Crippen LogP contribution >= 0.6 is 0 Å². The normalized spacial score (nSPS) is 9.42. The largest absolute Gasteiger partial charge is 0.396 e. The van der Waals surface area contributed by atoms with Gasteiger partial charge in [-0.2, -0.15) is 10.5 Å². The summed E-state index contributed by atoms with van der Waals surface area (Å²) in [6, 6.07) is 10.7. The van der Waals surface area contributed by atoms with E-state index in [4.69, 9.17) is 16.3 Å². The summed E-state index contributed by atoms with van der Waals surface area (Å²) in [5.41, 5.74) is 8.69. The minimum absolute atomic E-state index is 0.318. The highest BCUT2D eigenvalue weighted by Crippen LogP contribution is 2.22. The molecule has 0 aliphatic carbocycles. The lowest BCUT2D eigenvalue weighted by molar-refractivity contribution is 1.26. The Hall–Kier alpha value is -3.05. The van der Waals surface area contributed by atoms with Gasteiger partial charge in [-0.25, -0.2) is 4.98 Å². The Bertz CT molecular complexity index is 707. The van der Waals surface area contributed by atoms with Crippen molar-refractivity contribution in [1.29, 1.82) is 10.5 Å². The van der Waals surface area contributed by atoms with E-state index in [2.05, 4.69) is 10.3 Å². The second-order valence-corrected chi connectivity index (χ2v) is 4.06. The summed E-state index contributed by atoms with van der Waals surface area (Å²) in [4.78, 5) is 4.19. The molecule has 19 heavy (non-hydrogen) atoms. The van der Waals surface area contributed by atoms with Crippen LogP contribution in [0.2, 0.25) is 0 Å². The molecule has 0 amide bonds. The number of benzene rings is 1. The summed E-state index contributed by atoms with van der Waals surface area (Å²) in [6.45, 7) is 1.91. The lowest BCUT2D eigenvalue weighted by Crippen LogP contribution is -2.00. The van der Waals surface area contributed by atoms with Crippen LogP contribution in [0.25, 0.3) is 0 Å². The molecule has 0 aliphatic rings. The summed E-state index contributed by atoms with van der Waals surface area (Å²) in [7, 11) is 0. The first-order chi connectivity index (χ1) is 9.13.